The van der Waals surface area contributed by atoms with Gasteiger partial charge in [-0.3, -0.25) is 19.0 Å². The maximum atomic E-state index is 12.3. The third-order valence-corrected chi connectivity index (χ3v) is 4.21. The number of aromatic nitrogens is 4. The highest BCUT2D eigenvalue weighted by Crippen LogP contribution is 2.30. The predicted octanol–water partition coefficient (Wildman–Crippen LogP) is 1.60. The first-order valence-electron chi connectivity index (χ1n) is 8.64. The average molecular weight is 382 g/mol. The quantitative estimate of drug-likeness (QED) is 0.674. The lowest BCUT2D eigenvalue weighted by Gasteiger charge is -2.09. The van der Waals surface area contributed by atoms with Crippen molar-refractivity contribution in [3.8, 4) is 16.9 Å². The minimum Gasteiger partial charge on any atom is -0.496 e. The molecule has 3 rings (SSSR count). The van der Waals surface area contributed by atoms with Crippen molar-refractivity contribution < 1.29 is 14.3 Å². The van der Waals surface area contributed by atoms with Crippen molar-refractivity contribution in [3.63, 3.8) is 0 Å². The normalized spacial score (nSPS) is 10.6. The minimum absolute atomic E-state index is 0.0433. The van der Waals surface area contributed by atoms with Crippen LogP contribution in [-0.2, 0) is 18.4 Å². The Hall–Kier alpha value is -3.62. The van der Waals surface area contributed by atoms with Gasteiger partial charge in [0.05, 0.1) is 19.0 Å². The van der Waals surface area contributed by atoms with Crippen LogP contribution in [0.1, 0.15) is 16.1 Å². The molecule has 0 aliphatic heterocycles. The van der Waals surface area contributed by atoms with Crippen LogP contribution in [0.4, 0.5) is 5.82 Å². The molecule has 0 fully saturated rings. The molecule has 9 nitrogen and oxygen atoms in total. The number of nitrogens with one attached hydrogen (secondary N) is 2. The zero-order valence-corrected chi connectivity index (χ0v) is 16.2. The lowest BCUT2D eigenvalue weighted by molar-refractivity contribution is -0.116. The number of aryl methyl sites for hydroxylation is 2. The highest BCUT2D eigenvalue weighted by Gasteiger charge is 2.14. The number of amides is 2. The molecule has 28 heavy (non-hydrogen) atoms. The van der Waals surface area contributed by atoms with E-state index >= 15 is 0 Å². The van der Waals surface area contributed by atoms with Crippen molar-refractivity contribution in [3.05, 3.63) is 47.9 Å². The first kappa shape index (κ1) is 19.2. The Kier molecular flexibility index (Phi) is 5.44. The molecule has 2 aromatic heterocycles. The summed E-state index contributed by atoms with van der Waals surface area (Å²) in [4.78, 5) is 24.2. The molecule has 1 aromatic carbocycles. The second kappa shape index (κ2) is 7.95. The fraction of sp³-hybridized carbons (Fsp3) is 0.263. The molecule has 3 aromatic rings. The number of hydrogen-bond acceptors (Lipinski definition) is 5. The van der Waals surface area contributed by atoms with E-state index in [1.165, 1.54) is 4.68 Å². The number of carbonyl (C=O) groups excluding carboxylic acids is 2. The topological polar surface area (TPSA) is 103 Å². The predicted molar refractivity (Wildman–Crippen MR) is 104 cm³/mol. The Bertz CT molecular complexity index is 1020. The van der Waals surface area contributed by atoms with Crippen molar-refractivity contribution in [1.82, 2.24) is 24.9 Å². The molecule has 0 aliphatic carbocycles. The van der Waals surface area contributed by atoms with Crippen LogP contribution < -0.4 is 15.4 Å². The lowest BCUT2D eigenvalue weighted by atomic mass is 10.0. The summed E-state index contributed by atoms with van der Waals surface area (Å²) in [7, 11) is 4.90. The molecule has 0 radical (unpaired) electrons. The molecule has 0 aliphatic rings. The number of rotatable bonds is 6. The smallest absolute Gasteiger partial charge is 0.251 e. The number of anilines is 1. The molecule has 0 bridgehead atoms. The Morgan fingerprint density at radius 2 is 2.04 bits per heavy atom. The van der Waals surface area contributed by atoms with Gasteiger partial charge in [0.1, 0.15) is 18.1 Å². The van der Waals surface area contributed by atoms with Gasteiger partial charge in [-0.25, -0.2) is 0 Å². The van der Waals surface area contributed by atoms with E-state index in [2.05, 4.69) is 20.8 Å². The maximum Gasteiger partial charge on any atom is 0.251 e. The summed E-state index contributed by atoms with van der Waals surface area (Å²) >= 11 is 0. The van der Waals surface area contributed by atoms with Gasteiger partial charge in [0.2, 0.25) is 5.91 Å². The number of hydrogen-bond donors (Lipinski definition) is 2. The van der Waals surface area contributed by atoms with E-state index in [1.807, 2.05) is 6.92 Å². The summed E-state index contributed by atoms with van der Waals surface area (Å²) in [5.41, 5.74) is 2.79. The molecule has 146 valence electrons. The second-order valence-electron chi connectivity index (χ2n) is 6.26. The third kappa shape index (κ3) is 4.03. The van der Waals surface area contributed by atoms with E-state index < -0.39 is 0 Å². The van der Waals surface area contributed by atoms with Crippen molar-refractivity contribution in [2.45, 2.75) is 13.5 Å². The van der Waals surface area contributed by atoms with Crippen LogP contribution in [0, 0.1) is 6.92 Å². The molecule has 2 amide bonds. The van der Waals surface area contributed by atoms with E-state index in [9.17, 15) is 9.59 Å². The minimum atomic E-state index is -0.219. The third-order valence-electron chi connectivity index (χ3n) is 4.21. The first-order chi connectivity index (χ1) is 13.4. The van der Waals surface area contributed by atoms with Crippen molar-refractivity contribution >= 4 is 17.6 Å². The van der Waals surface area contributed by atoms with Crippen LogP contribution in [-0.4, -0.2) is 45.5 Å². The summed E-state index contributed by atoms with van der Waals surface area (Å²) in [5, 5.41) is 13.8. The van der Waals surface area contributed by atoms with Crippen LogP contribution in [0.2, 0.25) is 0 Å². The van der Waals surface area contributed by atoms with Gasteiger partial charge in [-0.05, 0) is 25.1 Å². The lowest BCUT2D eigenvalue weighted by Crippen LogP contribution is -2.20. The van der Waals surface area contributed by atoms with Gasteiger partial charge >= 0.3 is 0 Å². The molecule has 0 spiro atoms. The summed E-state index contributed by atoms with van der Waals surface area (Å²) in [6.07, 6.45) is 3.37. The number of methoxy groups -OCH3 is 1. The van der Waals surface area contributed by atoms with Crippen molar-refractivity contribution in [1.29, 1.82) is 0 Å². The summed E-state index contributed by atoms with van der Waals surface area (Å²) in [5.74, 6) is 0.822. The molecular weight excluding hydrogens is 360 g/mol. The maximum absolute atomic E-state index is 12.3. The SMILES string of the molecule is CNC(=O)c1ccc(OC)c(-c2cnn(CC(=O)Nc3cc(C)nn3C)c2)c1. The van der Waals surface area contributed by atoms with E-state index in [1.54, 1.807) is 62.5 Å². The summed E-state index contributed by atoms with van der Waals surface area (Å²) < 4.78 is 8.53. The Balaban J connectivity index is 1.79. The molecule has 0 saturated heterocycles. The molecule has 0 saturated carbocycles. The Morgan fingerprint density at radius 1 is 1.25 bits per heavy atom. The first-order valence-corrected chi connectivity index (χ1v) is 8.64. The fourth-order valence-electron chi connectivity index (χ4n) is 2.87. The molecular formula is C19H22N6O3. The van der Waals surface area contributed by atoms with Crippen LogP contribution in [0.25, 0.3) is 11.1 Å². The summed E-state index contributed by atoms with van der Waals surface area (Å²) in [6.45, 7) is 1.90. The monoisotopic (exact) mass is 382 g/mol. The van der Waals surface area contributed by atoms with Gasteiger partial charge < -0.3 is 15.4 Å². The van der Waals surface area contributed by atoms with Gasteiger partial charge in [0, 0.05) is 43.0 Å². The van der Waals surface area contributed by atoms with Crippen LogP contribution in [0.5, 0.6) is 5.75 Å². The van der Waals surface area contributed by atoms with Gasteiger partial charge in [0.25, 0.3) is 5.91 Å². The number of benzene rings is 1. The van der Waals surface area contributed by atoms with E-state index in [-0.39, 0.29) is 18.4 Å². The molecule has 2 N–H and O–H groups in total. The Morgan fingerprint density at radius 3 is 2.68 bits per heavy atom. The van der Waals surface area contributed by atoms with Crippen molar-refractivity contribution in [2.75, 3.05) is 19.5 Å². The van der Waals surface area contributed by atoms with Crippen molar-refractivity contribution in [2.24, 2.45) is 7.05 Å². The largest absolute Gasteiger partial charge is 0.496 e. The molecule has 2 heterocycles. The fourth-order valence-corrected chi connectivity index (χ4v) is 2.87. The number of nitrogens with zero attached hydrogens (tertiary/aromatic N) is 4. The van der Waals surface area contributed by atoms with E-state index in [0.29, 0.717) is 17.1 Å². The molecule has 9 heteroatoms. The number of carbonyl (C=O) groups is 2. The summed E-state index contributed by atoms with van der Waals surface area (Å²) in [6, 6.07) is 6.95. The second-order valence-corrected chi connectivity index (χ2v) is 6.26. The molecule has 0 atom stereocenters. The standard InChI is InChI=1S/C19H22N6O3/c1-12-7-17(24(3)23-12)22-18(26)11-25-10-14(9-21-25)15-8-13(19(27)20-2)5-6-16(15)28-4/h5-10H,11H2,1-4H3,(H,20,27)(H,22,26). The molecule has 0 unspecified atom stereocenters. The number of ether oxygens (including phenoxy) is 1. The van der Waals surface area contributed by atoms with E-state index in [0.717, 1.165) is 16.8 Å². The van der Waals surface area contributed by atoms with Gasteiger partial charge in [-0.1, -0.05) is 0 Å². The van der Waals surface area contributed by atoms with Crippen LogP contribution in [0.3, 0.4) is 0 Å². The highest BCUT2D eigenvalue weighted by atomic mass is 16.5. The van der Waals surface area contributed by atoms with Gasteiger partial charge in [-0.15, -0.1) is 0 Å². The zero-order chi connectivity index (χ0) is 20.3. The Labute approximate surface area is 162 Å². The van der Waals surface area contributed by atoms with Crippen LogP contribution in [0.15, 0.2) is 36.7 Å². The van der Waals surface area contributed by atoms with Gasteiger partial charge in [-0.2, -0.15) is 10.2 Å². The van der Waals surface area contributed by atoms with Crippen LogP contribution >= 0.6 is 0 Å². The van der Waals surface area contributed by atoms with E-state index in [4.69, 9.17) is 4.74 Å². The average Bonchev–Trinajstić information content (AvgIpc) is 3.26. The highest BCUT2D eigenvalue weighted by molar-refractivity contribution is 5.96. The van der Waals surface area contributed by atoms with Gasteiger partial charge in [0.15, 0.2) is 0 Å². The zero-order valence-electron chi connectivity index (χ0n) is 16.2.